The van der Waals surface area contributed by atoms with E-state index in [-0.39, 0.29) is 17.7 Å². The highest BCUT2D eigenvalue weighted by molar-refractivity contribution is 5.92. The van der Waals surface area contributed by atoms with E-state index in [2.05, 4.69) is 20.4 Å². The van der Waals surface area contributed by atoms with Gasteiger partial charge in [0.2, 0.25) is 5.76 Å². The SMILES string of the molecule is CCc1nc(C)c(C(=O)N[C@H](CC)c2ncnn2CC)o1. The van der Waals surface area contributed by atoms with E-state index in [1.807, 2.05) is 20.8 Å². The molecule has 0 saturated heterocycles. The number of carbonyl (C=O) groups is 1. The monoisotopic (exact) mass is 291 g/mol. The summed E-state index contributed by atoms with van der Waals surface area (Å²) in [6, 6.07) is -0.200. The van der Waals surface area contributed by atoms with Gasteiger partial charge in [-0.1, -0.05) is 13.8 Å². The van der Waals surface area contributed by atoms with Crippen LogP contribution < -0.4 is 5.32 Å². The molecular formula is C14H21N5O2. The maximum absolute atomic E-state index is 12.4. The number of hydrogen-bond donors (Lipinski definition) is 1. The molecule has 1 N–H and O–H groups in total. The fourth-order valence-electron chi connectivity index (χ4n) is 2.17. The van der Waals surface area contributed by atoms with Crippen LogP contribution >= 0.6 is 0 Å². The van der Waals surface area contributed by atoms with E-state index >= 15 is 0 Å². The highest BCUT2D eigenvalue weighted by Crippen LogP contribution is 2.16. The van der Waals surface area contributed by atoms with E-state index < -0.39 is 0 Å². The zero-order valence-electron chi connectivity index (χ0n) is 12.9. The van der Waals surface area contributed by atoms with Gasteiger partial charge in [-0.05, 0) is 20.3 Å². The van der Waals surface area contributed by atoms with E-state index in [0.717, 1.165) is 12.2 Å². The summed E-state index contributed by atoms with van der Waals surface area (Å²) in [6.45, 7) is 8.40. The molecule has 0 aliphatic carbocycles. The first-order valence-corrected chi connectivity index (χ1v) is 7.25. The summed E-state index contributed by atoms with van der Waals surface area (Å²) in [5.74, 6) is 1.33. The number of oxazole rings is 1. The third kappa shape index (κ3) is 3.12. The Hall–Kier alpha value is -2.18. The number of nitrogens with one attached hydrogen (secondary N) is 1. The summed E-state index contributed by atoms with van der Waals surface area (Å²) in [5, 5.41) is 7.08. The van der Waals surface area contributed by atoms with Crippen molar-refractivity contribution >= 4 is 5.91 Å². The normalized spacial score (nSPS) is 12.4. The van der Waals surface area contributed by atoms with Crippen LogP contribution in [0.1, 0.15) is 61.2 Å². The van der Waals surface area contributed by atoms with E-state index in [1.54, 1.807) is 11.6 Å². The third-order valence-electron chi connectivity index (χ3n) is 3.32. The molecule has 2 aromatic rings. The van der Waals surface area contributed by atoms with Crippen molar-refractivity contribution in [2.45, 2.75) is 53.1 Å². The second-order valence-electron chi connectivity index (χ2n) is 4.74. The number of hydrogen-bond acceptors (Lipinski definition) is 5. The molecule has 0 bridgehead atoms. The number of rotatable bonds is 6. The molecule has 0 unspecified atom stereocenters. The Kier molecular flexibility index (Phi) is 4.72. The van der Waals surface area contributed by atoms with E-state index in [4.69, 9.17) is 4.42 Å². The van der Waals surface area contributed by atoms with E-state index in [0.29, 0.717) is 24.6 Å². The second-order valence-corrected chi connectivity index (χ2v) is 4.74. The first-order chi connectivity index (χ1) is 10.1. The number of nitrogens with zero attached hydrogens (tertiary/aromatic N) is 4. The Balaban J connectivity index is 2.18. The number of amides is 1. The Bertz CT molecular complexity index is 617. The molecule has 21 heavy (non-hydrogen) atoms. The molecule has 0 saturated carbocycles. The standard InChI is InChI=1S/C14H21N5O2/c1-5-10(13-15-8-16-19(13)7-3)18-14(20)12-9(4)17-11(6-2)21-12/h8,10H,5-7H2,1-4H3,(H,18,20)/t10-/m1/s1. The fourth-order valence-corrected chi connectivity index (χ4v) is 2.17. The highest BCUT2D eigenvalue weighted by atomic mass is 16.4. The highest BCUT2D eigenvalue weighted by Gasteiger charge is 2.23. The molecule has 7 heteroatoms. The van der Waals surface area contributed by atoms with Crippen molar-refractivity contribution in [3.8, 4) is 0 Å². The summed E-state index contributed by atoms with van der Waals surface area (Å²) in [4.78, 5) is 20.8. The predicted octanol–water partition coefficient (Wildman–Crippen LogP) is 2.04. The lowest BCUT2D eigenvalue weighted by Crippen LogP contribution is -2.30. The summed E-state index contributed by atoms with van der Waals surface area (Å²) in [7, 11) is 0. The predicted molar refractivity (Wildman–Crippen MR) is 76.8 cm³/mol. The number of carbonyl (C=O) groups excluding carboxylic acids is 1. The molecule has 2 aromatic heterocycles. The van der Waals surface area contributed by atoms with Crippen molar-refractivity contribution < 1.29 is 9.21 Å². The molecule has 2 heterocycles. The molecule has 114 valence electrons. The summed E-state index contributed by atoms with van der Waals surface area (Å²) >= 11 is 0. The number of aromatic nitrogens is 4. The van der Waals surface area contributed by atoms with Gasteiger partial charge in [0.15, 0.2) is 5.89 Å². The van der Waals surface area contributed by atoms with Gasteiger partial charge >= 0.3 is 0 Å². The Morgan fingerprint density at radius 2 is 2.19 bits per heavy atom. The van der Waals surface area contributed by atoms with Crippen molar-refractivity contribution in [3.63, 3.8) is 0 Å². The van der Waals surface area contributed by atoms with Crippen LogP contribution in [0.3, 0.4) is 0 Å². The van der Waals surface area contributed by atoms with Gasteiger partial charge in [-0.25, -0.2) is 14.6 Å². The second kappa shape index (κ2) is 6.51. The van der Waals surface area contributed by atoms with Crippen LogP contribution in [0, 0.1) is 6.92 Å². The van der Waals surface area contributed by atoms with Crippen LogP contribution in [0.2, 0.25) is 0 Å². The topological polar surface area (TPSA) is 85.8 Å². The summed E-state index contributed by atoms with van der Waals surface area (Å²) in [6.07, 6.45) is 2.89. The van der Waals surface area contributed by atoms with Crippen molar-refractivity contribution in [3.05, 3.63) is 29.5 Å². The van der Waals surface area contributed by atoms with Crippen molar-refractivity contribution in [2.75, 3.05) is 0 Å². The van der Waals surface area contributed by atoms with Crippen LogP contribution in [0.5, 0.6) is 0 Å². The van der Waals surface area contributed by atoms with Crippen LogP contribution in [0.4, 0.5) is 0 Å². The smallest absolute Gasteiger partial charge is 0.289 e. The Labute approximate surface area is 123 Å². The average molecular weight is 291 g/mol. The molecule has 2 rings (SSSR count). The van der Waals surface area contributed by atoms with Crippen molar-refractivity contribution in [1.29, 1.82) is 0 Å². The van der Waals surface area contributed by atoms with Gasteiger partial charge in [0.1, 0.15) is 12.2 Å². The molecule has 0 aliphatic heterocycles. The molecule has 0 spiro atoms. The Morgan fingerprint density at radius 3 is 2.76 bits per heavy atom. The van der Waals surface area contributed by atoms with Gasteiger partial charge in [0.05, 0.1) is 11.7 Å². The number of aryl methyl sites for hydroxylation is 3. The van der Waals surface area contributed by atoms with Crippen LogP contribution in [0.25, 0.3) is 0 Å². The molecule has 1 atom stereocenters. The van der Waals surface area contributed by atoms with Crippen LogP contribution in [0.15, 0.2) is 10.7 Å². The van der Waals surface area contributed by atoms with Gasteiger partial charge in [-0.2, -0.15) is 5.10 Å². The lowest BCUT2D eigenvalue weighted by molar-refractivity contribution is 0.0902. The lowest BCUT2D eigenvalue weighted by Gasteiger charge is -2.16. The third-order valence-corrected chi connectivity index (χ3v) is 3.32. The maximum Gasteiger partial charge on any atom is 0.289 e. The minimum Gasteiger partial charge on any atom is -0.435 e. The van der Waals surface area contributed by atoms with Crippen molar-refractivity contribution in [2.24, 2.45) is 0 Å². The molecule has 7 nitrogen and oxygen atoms in total. The first-order valence-electron chi connectivity index (χ1n) is 7.25. The molecular weight excluding hydrogens is 270 g/mol. The lowest BCUT2D eigenvalue weighted by atomic mass is 10.2. The van der Waals surface area contributed by atoms with E-state index in [9.17, 15) is 4.79 Å². The quantitative estimate of drug-likeness (QED) is 0.880. The van der Waals surface area contributed by atoms with Crippen molar-refractivity contribution in [1.82, 2.24) is 25.1 Å². The minimum absolute atomic E-state index is 0.200. The zero-order chi connectivity index (χ0) is 15.4. The van der Waals surface area contributed by atoms with Gasteiger partial charge < -0.3 is 9.73 Å². The van der Waals surface area contributed by atoms with Gasteiger partial charge in [0, 0.05) is 13.0 Å². The zero-order valence-corrected chi connectivity index (χ0v) is 12.9. The molecule has 0 radical (unpaired) electrons. The minimum atomic E-state index is -0.266. The maximum atomic E-state index is 12.4. The Morgan fingerprint density at radius 1 is 1.43 bits per heavy atom. The van der Waals surface area contributed by atoms with E-state index in [1.165, 1.54) is 6.33 Å². The fraction of sp³-hybridized carbons (Fsp3) is 0.571. The van der Waals surface area contributed by atoms with Crippen LogP contribution in [-0.2, 0) is 13.0 Å². The van der Waals surface area contributed by atoms with Gasteiger partial charge in [0.25, 0.3) is 5.91 Å². The van der Waals surface area contributed by atoms with Crippen LogP contribution in [-0.4, -0.2) is 25.7 Å². The summed E-state index contributed by atoms with van der Waals surface area (Å²) in [5.41, 5.74) is 0.608. The largest absolute Gasteiger partial charge is 0.435 e. The first kappa shape index (κ1) is 15.2. The molecule has 0 fully saturated rings. The average Bonchev–Trinajstić information content (AvgIpc) is 3.10. The molecule has 0 aromatic carbocycles. The van der Waals surface area contributed by atoms with Gasteiger partial charge in [-0.3, -0.25) is 4.79 Å². The summed E-state index contributed by atoms with van der Waals surface area (Å²) < 4.78 is 7.26. The molecule has 1 amide bonds. The van der Waals surface area contributed by atoms with Gasteiger partial charge in [-0.15, -0.1) is 0 Å². The molecule has 0 aliphatic rings.